The average Bonchev–Trinajstić information content (AvgIpc) is 2.83. The minimum atomic E-state index is -4.36. The fourth-order valence-corrected chi connectivity index (χ4v) is 4.13. The van der Waals surface area contributed by atoms with E-state index < -0.39 is 17.8 Å². The third-order valence-corrected chi connectivity index (χ3v) is 6.18. The van der Waals surface area contributed by atoms with E-state index in [-0.39, 0.29) is 23.8 Å². The lowest BCUT2D eigenvalue weighted by Crippen LogP contribution is -2.53. The maximum Gasteiger partial charge on any atom is 0.416 e. The Morgan fingerprint density at radius 3 is 2.31 bits per heavy atom. The number of carbonyl (C=O) groups excluding carboxylic acids is 2. The number of rotatable bonds is 8. The molecule has 2 aromatic rings. The number of nitrogens with one attached hydrogen (secondary N) is 2. The van der Waals surface area contributed by atoms with Gasteiger partial charge in [-0.2, -0.15) is 13.2 Å². The van der Waals surface area contributed by atoms with Crippen molar-refractivity contribution in [3.8, 4) is 5.75 Å². The van der Waals surface area contributed by atoms with E-state index in [0.29, 0.717) is 49.4 Å². The maximum absolute atomic E-state index is 13.0. The average molecular weight is 492 g/mol. The summed E-state index contributed by atoms with van der Waals surface area (Å²) >= 11 is 0. The number of hydrogen-bond acceptors (Lipinski definition) is 4. The summed E-state index contributed by atoms with van der Waals surface area (Å²) in [4.78, 5) is 27.7. The molecular weight excluding hydrogens is 459 g/mol. The predicted octanol–water partition coefficient (Wildman–Crippen LogP) is 4.25. The number of piperidine rings is 1. The highest BCUT2D eigenvalue weighted by Gasteiger charge is 2.31. The Morgan fingerprint density at radius 2 is 1.74 bits per heavy atom. The van der Waals surface area contributed by atoms with Crippen LogP contribution in [-0.4, -0.2) is 49.0 Å². The largest absolute Gasteiger partial charge is 0.497 e. The Balaban J connectivity index is 1.51. The van der Waals surface area contributed by atoms with Gasteiger partial charge in [0.2, 0.25) is 5.91 Å². The van der Waals surface area contributed by atoms with Gasteiger partial charge in [0.15, 0.2) is 0 Å². The number of amides is 2. The Labute approximate surface area is 203 Å². The standard InChI is InChI=1S/C26H32F3N3O3/c1-17(2)23(31-24(33)19-7-9-22(35-3)10-8-19)25(34)30-21-11-13-32(14-12-21)16-18-5-4-6-20(15-18)26(27,28)29/h4-10,15,17,21,23H,11-14,16H2,1-3H3,(H,30,34)(H,31,33). The zero-order chi connectivity index (χ0) is 25.6. The van der Waals surface area contributed by atoms with Gasteiger partial charge in [-0.15, -0.1) is 0 Å². The Hall–Kier alpha value is -3.07. The molecule has 1 saturated heterocycles. The second kappa shape index (κ2) is 11.6. The summed E-state index contributed by atoms with van der Waals surface area (Å²) in [7, 11) is 1.55. The van der Waals surface area contributed by atoms with Gasteiger partial charge in [-0.1, -0.05) is 32.0 Å². The second-order valence-corrected chi connectivity index (χ2v) is 9.18. The summed E-state index contributed by atoms with van der Waals surface area (Å²) < 4.78 is 44.0. The fourth-order valence-electron chi connectivity index (χ4n) is 4.13. The number of halogens is 3. The van der Waals surface area contributed by atoms with Crippen LogP contribution in [0.25, 0.3) is 0 Å². The van der Waals surface area contributed by atoms with Crippen LogP contribution in [0.3, 0.4) is 0 Å². The van der Waals surface area contributed by atoms with Gasteiger partial charge >= 0.3 is 6.18 Å². The molecule has 2 amide bonds. The molecule has 1 unspecified atom stereocenters. The molecule has 0 radical (unpaired) electrons. The van der Waals surface area contributed by atoms with Crippen LogP contribution in [0.1, 0.15) is 48.2 Å². The van der Waals surface area contributed by atoms with E-state index >= 15 is 0 Å². The van der Waals surface area contributed by atoms with Crippen LogP contribution in [-0.2, 0) is 17.5 Å². The minimum absolute atomic E-state index is 0.0561. The summed E-state index contributed by atoms with van der Waals surface area (Å²) in [5.41, 5.74) is 0.407. The van der Waals surface area contributed by atoms with Crippen LogP contribution in [0, 0.1) is 5.92 Å². The van der Waals surface area contributed by atoms with Crippen molar-refractivity contribution >= 4 is 11.8 Å². The smallest absolute Gasteiger partial charge is 0.416 e. The van der Waals surface area contributed by atoms with Gasteiger partial charge in [-0.05, 0) is 54.7 Å². The molecule has 0 aliphatic carbocycles. The minimum Gasteiger partial charge on any atom is -0.497 e. The Kier molecular flexibility index (Phi) is 8.77. The van der Waals surface area contributed by atoms with Crippen molar-refractivity contribution < 1.29 is 27.5 Å². The molecule has 1 fully saturated rings. The van der Waals surface area contributed by atoms with Gasteiger partial charge in [0.1, 0.15) is 11.8 Å². The van der Waals surface area contributed by atoms with Crippen molar-refractivity contribution in [2.45, 2.75) is 51.5 Å². The molecule has 2 N–H and O–H groups in total. The lowest BCUT2D eigenvalue weighted by atomic mass is 9.99. The van der Waals surface area contributed by atoms with Crippen LogP contribution in [0.4, 0.5) is 13.2 Å². The number of carbonyl (C=O) groups is 2. The molecule has 1 aliphatic heterocycles. The van der Waals surface area contributed by atoms with Crippen LogP contribution >= 0.6 is 0 Å². The zero-order valence-electron chi connectivity index (χ0n) is 20.2. The Morgan fingerprint density at radius 1 is 1.09 bits per heavy atom. The fraction of sp³-hybridized carbons (Fsp3) is 0.462. The number of nitrogens with zero attached hydrogens (tertiary/aromatic N) is 1. The molecule has 1 heterocycles. The van der Waals surface area contributed by atoms with Gasteiger partial charge in [0, 0.05) is 31.2 Å². The lowest BCUT2D eigenvalue weighted by Gasteiger charge is -2.33. The Bertz CT molecular complexity index is 1000. The number of likely N-dealkylation sites (tertiary alicyclic amines) is 1. The van der Waals surface area contributed by atoms with Crippen LogP contribution < -0.4 is 15.4 Å². The number of ether oxygens (including phenoxy) is 1. The van der Waals surface area contributed by atoms with E-state index in [1.807, 2.05) is 13.8 Å². The molecule has 35 heavy (non-hydrogen) atoms. The van der Waals surface area contributed by atoms with E-state index in [9.17, 15) is 22.8 Å². The molecule has 6 nitrogen and oxygen atoms in total. The van der Waals surface area contributed by atoms with Gasteiger partial charge < -0.3 is 15.4 Å². The summed E-state index contributed by atoms with van der Waals surface area (Å²) in [6.07, 6.45) is -2.99. The molecule has 1 atom stereocenters. The first-order valence-corrected chi connectivity index (χ1v) is 11.7. The summed E-state index contributed by atoms with van der Waals surface area (Å²) in [6, 6.07) is 11.3. The van der Waals surface area contributed by atoms with Gasteiger partial charge in [-0.25, -0.2) is 0 Å². The van der Waals surface area contributed by atoms with E-state index in [1.54, 1.807) is 37.4 Å². The third-order valence-electron chi connectivity index (χ3n) is 6.18. The highest BCUT2D eigenvalue weighted by molar-refractivity contribution is 5.97. The van der Waals surface area contributed by atoms with Crippen molar-refractivity contribution in [2.24, 2.45) is 5.92 Å². The number of benzene rings is 2. The van der Waals surface area contributed by atoms with Crippen molar-refractivity contribution in [1.82, 2.24) is 15.5 Å². The highest BCUT2D eigenvalue weighted by Crippen LogP contribution is 2.30. The summed E-state index contributed by atoms with van der Waals surface area (Å²) in [5.74, 6) is -0.0482. The maximum atomic E-state index is 13.0. The zero-order valence-corrected chi connectivity index (χ0v) is 20.2. The van der Waals surface area contributed by atoms with Crippen LogP contribution in [0.2, 0.25) is 0 Å². The van der Waals surface area contributed by atoms with E-state index in [1.165, 1.54) is 12.1 Å². The predicted molar refractivity (Wildman–Crippen MR) is 127 cm³/mol. The first-order chi connectivity index (χ1) is 16.6. The lowest BCUT2D eigenvalue weighted by molar-refractivity contribution is -0.137. The topological polar surface area (TPSA) is 70.7 Å². The van der Waals surface area contributed by atoms with Crippen LogP contribution in [0.5, 0.6) is 5.75 Å². The van der Waals surface area contributed by atoms with E-state index in [0.717, 1.165) is 6.07 Å². The summed E-state index contributed by atoms with van der Waals surface area (Å²) in [6.45, 7) is 5.49. The molecule has 0 bridgehead atoms. The summed E-state index contributed by atoms with van der Waals surface area (Å²) in [5, 5.41) is 5.86. The van der Waals surface area contributed by atoms with Crippen molar-refractivity contribution in [3.05, 3.63) is 65.2 Å². The quantitative estimate of drug-likeness (QED) is 0.579. The van der Waals surface area contributed by atoms with Crippen molar-refractivity contribution in [1.29, 1.82) is 0 Å². The highest BCUT2D eigenvalue weighted by atomic mass is 19.4. The van der Waals surface area contributed by atoms with Gasteiger partial charge in [-0.3, -0.25) is 14.5 Å². The van der Waals surface area contributed by atoms with Crippen molar-refractivity contribution in [2.75, 3.05) is 20.2 Å². The molecule has 190 valence electrons. The van der Waals surface area contributed by atoms with E-state index in [4.69, 9.17) is 4.74 Å². The SMILES string of the molecule is COc1ccc(C(=O)NC(C(=O)NC2CCN(Cc3cccc(C(F)(F)F)c3)CC2)C(C)C)cc1. The molecule has 3 rings (SSSR count). The molecular formula is C26H32F3N3O3. The first-order valence-electron chi connectivity index (χ1n) is 11.7. The van der Waals surface area contributed by atoms with Gasteiger partial charge in [0.05, 0.1) is 12.7 Å². The third kappa shape index (κ3) is 7.45. The number of methoxy groups -OCH3 is 1. The first kappa shape index (κ1) is 26.5. The molecule has 1 aliphatic rings. The monoisotopic (exact) mass is 491 g/mol. The van der Waals surface area contributed by atoms with E-state index in [2.05, 4.69) is 15.5 Å². The molecule has 0 saturated carbocycles. The molecule has 0 spiro atoms. The van der Waals surface area contributed by atoms with Gasteiger partial charge in [0.25, 0.3) is 5.91 Å². The number of hydrogen-bond donors (Lipinski definition) is 2. The molecule has 2 aromatic carbocycles. The van der Waals surface area contributed by atoms with Crippen molar-refractivity contribution in [3.63, 3.8) is 0 Å². The molecule has 9 heteroatoms. The van der Waals surface area contributed by atoms with Crippen LogP contribution in [0.15, 0.2) is 48.5 Å². The second-order valence-electron chi connectivity index (χ2n) is 9.18. The normalized spacial score (nSPS) is 16.1. The molecule has 0 aromatic heterocycles. The number of alkyl halides is 3.